The van der Waals surface area contributed by atoms with Gasteiger partial charge in [0.1, 0.15) is 12.7 Å². The Morgan fingerprint density at radius 3 is 2.35 bits per heavy atom. The number of rotatable bonds is 2. The van der Waals surface area contributed by atoms with E-state index in [2.05, 4.69) is 71.4 Å². The van der Waals surface area contributed by atoms with E-state index in [1.165, 1.54) is 11.1 Å². The van der Waals surface area contributed by atoms with Gasteiger partial charge >= 0.3 is 0 Å². The predicted octanol–water partition coefficient (Wildman–Crippen LogP) is 3.23. The standard InChI is InChI=1S/C22H22N4/c1-15-9-5-6-10-17(15)20-13-23-16(2)21(26(20)4)22-18-11-7-8-12-19(18)24-14-25(22)3/h5-14H,1-4H3/q+2. The molecule has 0 fully saturated rings. The highest BCUT2D eigenvalue weighted by Crippen LogP contribution is 2.26. The largest absolute Gasteiger partial charge is 0.287 e. The molecule has 26 heavy (non-hydrogen) atoms. The van der Waals surface area contributed by atoms with Crippen molar-refractivity contribution in [3.05, 3.63) is 72.3 Å². The maximum Gasteiger partial charge on any atom is 0.287 e. The lowest BCUT2D eigenvalue weighted by Crippen LogP contribution is -2.41. The van der Waals surface area contributed by atoms with E-state index in [1.54, 1.807) is 0 Å². The van der Waals surface area contributed by atoms with Gasteiger partial charge in [0.05, 0.1) is 24.2 Å². The number of benzene rings is 2. The van der Waals surface area contributed by atoms with E-state index >= 15 is 0 Å². The van der Waals surface area contributed by atoms with Gasteiger partial charge in [0, 0.05) is 0 Å². The summed E-state index contributed by atoms with van der Waals surface area (Å²) in [4.78, 5) is 9.28. The molecule has 0 aliphatic carbocycles. The van der Waals surface area contributed by atoms with E-state index in [9.17, 15) is 0 Å². The first kappa shape index (κ1) is 16.3. The lowest BCUT2D eigenvalue weighted by atomic mass is 10.0. The van der Waals surface area contributed by atoms with Gasteiger partial charge in [-0.05, 0) is 42.6 Å². The molecule has 0 saturated carbocycles. The number of aromatic nitrogens is 4. The van der Waals surface area contributed by atoms with Crippen LogP contribution in [0.2, 0.25) is 0 Å². The van der Waals surface area contributed by atoms with Crippen LogP contribution in [0.4, 0.5) is 0 Å². The summed E-state index contributed by atoms with van der Waals surface area (Å²) in [6.45, 7) is 4.20. The molecule has 0 atom stereocenters. The molecule has 4 rings (SSSR count). The zero-order valence-corrected chi connectivity index (χ0v) is 15.6. The van der Waals surface area contributed by atoms with Gasteiger partial charge in [-0.3, -0.25) is 0 Å². The Labute approximate surface area is 153 Å². The first-order valence-electron chi connectivity index (χ1n) is 8.73. The summed E-state index contributed by atoms with van der Waals surface area (Å²) >= 11 is 0. The minimum atomic E-state index is 0.987. The van der Waals surface area contributed by atoms with Crippen molar-refractivity contribution in [1.82, 2.24) is 9.97 Å². The molecule has 0 spiro atoms. The van der Waals surface area contributed by atoms with Crippen LogP contribution in [0, 0.1) is 13.8 Å². The fraction of sp³-hybridized carbons (Fsp3) is 0.182. The summed E-state index contributed by atoms with van der Waals surface area (Å²) < 4.78 is 4.32. The minimum absolute atomic E-state index is 0.987. The second-order valence-electron chi connectivity index (χ2n) is 6.67. The van der Waals surface area contributed by atoms with Crippen molar-refractivity contribution >= 4 is 10.9 Å². The summed E-state index contributed by atoms with van der Waals surface area (Å²) in [6.07, 6.45) is 3.84. The van der Waals surface area contributed by atoms with E-state index in [0.717, 1.165) is 33.7 Å². The summed E-state index contributed by atoms with van der Waals surface area (Å²) in [5, 5.41) is 1.12. The second kappa shape index (κ2) is 6.30. The molecule has 0 saturated heterocycles. The molecule has 0 bridgehead atoms. The fourth-order valence-corrected chi connectivity index (χ4v) is 3.59. The summed E-state index contributed by atoms with van der Waals surface area (Å²) in [5.41, 5.74) is 7.75. The highest BCUT2D eigenvalue weighted by molar-refractivity contribution is 5.89. The molecule has 4 nitrogen and oxygen atoms in total. The van der Waals surface area contributed by atoms with Crippen LogP contribution in [-0.2, 0) is 14.1 Å². The Bertz CT molecular complexity index is 1130. The molecule has 0 unspecified atom stereocenters. The molecule has 0 aliphatic rings. The Hall–Kier alpha value is -3.14. The Balaban J connectivity index is 2.07. The number of nitrogens with zero attached hydrogens (tertiary/aromatic N) is 4. The van der Waals surface area contributed by atoms with Crippen LogP contribution in [0.25, 0.3) is 33.5 Å². The van der Waals surface area contributed by atoms with Gasteiger partial charge in [0.25, 0.3) is 12.0 Å². The van der Waals surface area contributed by atoms with Crippen LogP contribution in [0.15, 0.2) is 61.1 Å². The third-order valence-electron chi connectivity index (χ3n) is 4.95. The van der Waals surface area contributed by atoms with E-state index in [1.807, 2.05) is 31.7 Å². The lowest BCUT2D eigenvalue weighted by molar-refractivity contribution is -0.686. The Morgan fingerprint density at radius 2 is 1.54 bits per heavy atom. The molecule has 0 aliphatic heterocycles. The molecule has 0 N–H and O–H groups in total. The normalized spacial score (nSPS) is 11.1. The van der Waals surface area contributed by atoms with Crippen molar-refractivity contribution in [3.63, 3.8) is 0 Å². The van der Waals surface area contributed by atoms with Gasteiger partial charge in [-0.2, -0.15) is 4.57 Å². The van der Waals surface area contributed by atoms with Gasteiger partial charge in [0.2, 0.25) is 11.4 Å². The third-order valence-corrected chi connectivity index (χ3v) is 4.95. The molecule has 128 valence electrons. The third kappa shape index (κ3) is 2.54. The van der Waals surface area contributed by atoms with Crippen molar-refractivity contribution in [3.8, 4) is 22.6 Å². The van der Waals surface area contributed by atoms with Crippen molar-refractivity contribution in [2.75, 3.05) is 0 Å². The molecular formula is C22H22N4+2. The van der Waals surface area contributed by atoms with E-state index in [0.29, 0.717) is 0 Å². The topological polar surface area (TPSA) is 33.5 Å². The number of para-hydroxylation sites is 1. The summed E-state index contributed by atoms with van der Waals surface area (Å²) in [7, 11) is 4.15. The van der Waals surface area contributed by atoms with Gasteiger partial charge in [-0.1, -0.05) is 30.3 Å². The van der Waals surface area contributed by atoms with Gasteiger partial charge in [-0.25, -0.2) is 9.55 Å². The molecule has 4 heteroatoms. The summed E-state index contributed by atoms with van der Waals surface area (Å²) in [6, 6.07) is 16.7. The van der Waals surface area contributed by atoms with Gasteiger partial charge < -0.3 is 0 Å². The number of fused-ring (bicyclic) bond motifs is 1. The van der Waals surface area contributed by atoms with Crippen molar-refractivity contribution in [2.45, 2.75) is 13.8 Å². The summed E-state index contributed by atoms with van der Waals surface area (Å²) in [5.74, 6) is 0. The zero-order valence-electron chi connectivity index (χ0n) is 15.6. The van der Waals surface area contributed by atoms with Crippen LogP contribution in [0.3, 0.4) is 0 Å². The molecule has 2 aromatic carbocycles. The van der Waals surface area contributed by atoms with E-state index in [-0.39, 0.29) is 0 Å². The van der Waals surface area contributed by atoms with Gasteiger partial charge in [-0.15, -0.1) is 0 Å². The minimum Gasteiger partial charge on any atom is -0.248 e. The van der Waals surface area contributed by atoms with Crippen LogP contribution in [0.1, 0.15) is 11.3 Å². The molecule has 0 radical (unpaired) electrons. The van der Waals surface area contributed by atoms with Crippen molar-refractivity contribution in [2.24, 2.45) is 14.1 Å². The van der Waals surface area contributed by atoms with Gasteiger partial charge in [0.15, 0.2) is 5.52 Å². The molecular weight excluding hydrogens is 320 g/mol. The molecule has 0 amide bonds. The fourth-order valence-electron chi connectivity index (χ4n) is 3.59. The highest BCUT2D eigenvalue weighted by Gasteiger charge is 2.28. The smallest absolute Gasteiger partial charge is 0.248 e. The SMILES string of the molecule is Cc1ccccc1-c1cnc(C)c(-c2c3ccccc3nc[n+]2C)[n+]1C. The first-order chi connectivity index (χ1) is 12.6. The quantitative estimate of drug-likeness (QED) is 0.524. The molecule has 4 aromatic rings. The number of aryl methyl sites for hydroxylation is 3. The Kier molecular flexibility index (Phi) is 3.96. The Morgan fingerprint density at radius 1 is 0.808 bits per heavy atom. The number of hydrogen-bond acceptors (Lipinski definition) is 2. The maximum absolute atomic E-state index is 4.73. The lowest BCUT2D eigenvalue weighted by Gasteiger charge is -2.10. The first-order valence-corrected chi connectivity index (χ1v) is 8.73. The van der Waals surface area contributed by atoms with Crippen LogP contribution in [-0.4, -0.2) is 9.97 Å². The second-order valence-corrected chi connectivity index (χ2v) is 6.67. The van der Waals surface area contributed by atoms with E-state index in [4.69, 9.17) is 4.98 Å². The van der Waals surface area contributed by atoms with Crippen LogP contribution >= 0.6 is 0 Å². The monoisotopic (exact) mass is 342 g/mol. The van der Waals surface area contributed by atoms with Crippen LogP contribution in [0.5, 0.6) is 0 Å². The highest BCUT2D eigenvalue weighted by atomic mass is 15.1. The molecule has 2 heterocycles. The zero-order chi connectivity index (χ0) is 18.3. The van der Waals surface area contributed by atoms with Crippen molar-refractivity contribution in [1.29, 1.82) is 0 Å². The average molecular weight is 342 g/mol. The number of hydrogen-bond donors (Lipinski definition) is 0. The van der Waals surface area contributed by atoms with Crippen LogP contribution < -0.4 is 9.13 Å². The maximum atomic E-state index is 4.73. The average Bonchev–Trinajstić information content (AvgIpc) is 2.64. The van der Waals surface area contributed by atoms with E-state index < -0.39 is 0 Å². The molecule has 2 aromatic heterocycles. The van der Waals surface area contributed by atoms with Crippen molar-refractivity contribution < 1.29 is 9.13 Å². The predicted molar refractivity (Wildman–Crippen MR) is 102 cm³/mol.